The number of aromatic nitrogens is 5. The Hall–Kier alpha value is -2.25. The second-order valence-corrected chi connectivity index (χ2v) is 4.60. The van der Waals surface area contributed by atoms with Crippen LogP contribution in [-0.2, 0) is 7.05 Å². The number of carbonyl (C=O) groups excluding carboxylic acids is 1. The van der Waals surface area contributed by atoms with Gasteiger partial charge in [0.1, 0.15) is 6.33 Å². The molecule has 2 aromatic heterocycles. The van der Waals surface area contributed by atoms with Crippen molar-refractivity contribution >= 4 is 11.6 Å². The van der Waals surface area contributed by atoms with Gasteiger partial charge in [-0.3, -0.25) is 4.79 Å². The highest BCUT2D eigenvalue weighted by molar-refractivity contribution is 5.97. The molecule has 2 heterocycles. The summed E-state index contributed by atoms with van der Waals surface area (Å²) >= 11 is 0. The number of nitrogens with zero attached hydrogens (tertiary/aromatic N) is 5. The van der Waals surface area contributed by atoms with E-state index < -0.39 is 0 Å². The maximum atomic E-state index is 12.0. The smallest absolute Gasteiger partial charge is 0.351 e. The lowest BCUT2D eigenvalue weighted by Gasteiger charge is -2.03. The van der Waals surface area contributed by atoms with E-state index in [1.807, 2.05) is 0 Å². The van der Waals surface area contributed by atoms with E-state index in [1.165, 1.54) is 17.8 Å². The van der Waals surface area contributed by atoms with Gasteiger partial charge >= 0.3 is 5.69 Å². The molecule has 1 amide bonds. The summed E-state index contributed by atoms with van der Waals surface area (Å²) in [5, 5.41) is 10.3. The quantitative estimate of drug-likeness (QED) is 0.758. The third-order valence-corrected chi connectivity index (χ3v) is 3.03. The Morgan fingerprint density at radius 1 is 1.35 bits per heavy atom. The molecule has 0 aliphatic carbocycles. The zero-order valence-electron chi connectivity index (χ0n) is 11.7. The van der Waals surface area contributed by atoms with E-state index in [2.05, 4.69) is 27.5 Å². The molecule has 0 atom stereocenters. The van der Waals surface area contributed by atoms with Crippen molar-refractivity contribution in [2.45, 2.75) is 32.6 Å². The van der Waals surface area contributed by atoms with Crippen LogP contribution in [0.5, 0.6) is 0 Å². The zero-order valence-corrected chi connectivity index (χ0v) is 11.7. The highest BCUT2D eigenvalue weighted by Gasteiger charge is 2.16. The molecular weight excluding hydrogens is 260 g/mol. The minimum atomic E-state index is -0.385. The third kappa shape index (κ3) is 2.84. The number of nitrogens with one attached hydrogen (secondary N) is 1. The summed E-state index contributed by atoms with van der Waals surface area (Å²) in [5.41, 5.74) is -0.0747. The first-order valence-corrected chi connectivity index (χ1v) is 6.70. The Morgan fingerprint density at radius 3 is 2.90 bits per heavy atom. The Bertz CT molecular complexity index is 660. The van der Waals surface area contributed by atoms with Crippen LogP contribution in [0.25, 0.3) is 5.65 Å². The lowest BCUT2D eigenvalue weighted by Crippen LogP contribution is -2.29. The molecule has 0 aromatic carbocycles. The Labute approximate surface area is 115 Å². The zero-order chi connectivity index (χ0) is 14.5. The maximum Gasteiger partial charge on any atom is 0.352 e. The molecule has 108 valence electrons. The van der Waals surface area contributed by atoms with Crippen LogP contribution in [0.3, 0.4) is 0 Å². The van der Waals surface area contributed by atoms with Gasteiger partial charge in [0.2, 0.25) is 0 Å². The molecule has 0 fully saturated rings. The van der Waals surface area contributed by atoms with Gasteiger partial charge in [0.15, 0.2) is 11.3 Å². The monoisotopic (exact) mass is 278 g/mol. The van der Waals surface area contributed by atoms with Crippen molar-refractivity contribution in [1.29, 1.82) is 0 Å². The standard InChI is InChI=1S/C12H18N6O2/c1-3-4-5-6-7-13-11(19)9-10-15-16-17(2)12(20)18(10)8-14-9/h8H,3-7H2,1-2H3,(H,13,19). The number of unbranched alkanes of at least 4 members (excludes halogenated alkanes) is 3. The summed E-state index contributed by atoms with van der Waals surface area (Å²) < 4.78 is 2.29. The summed E-state index contributed by atoms with van der Waals surface area (Å²) in [4.78, 5) is 27.7. The molecule has 2 rings (SSSR count). The molecule has 0 aliphatic heterocycles. The summed E-state index contributed by atoms with van der Waals surface area (Å²) in [6.07, 6.45) is 5.61. The van der Waals surface area contributed by atoms with Crippen molar-refractivity contribution in [2.75, 3.05) is 6.54 Å². The van der Waals surface area contributed by atoms with Gasteiger partial charge in [-0.25, -0.2) is 14.2 Å². The molecule has 20 heavy (non-hydrogen) atoms. The fourth-order valence-electron chi connectivity index (χ4n) is 1.88. The predicted octanol–water partition coefficient (Wildman–Crippen LogP) is 0.133. The number of rotatable bonds is 6. The number of hydrogen-bond acceptors (Lipinski definition) is 5. The van der Waals surface area contributed by atoms with Gasteiger partial charge in [-0.2, -0.15) is 4.68 Å². The molecule has 0 bridgehead atoms. The molecule has 0 saturated heterocycles. The van der Waals surface area contributed by atoms with E-state index in [0.29, 0.717) is 6.54 Å². The molecule has 0 spiro atoms. The fourth-order valence-corrected chi connectivity index (χ4v) is 1.88. The second-order valence-electron chi connectivity index (χ2n) is 4.60. The molecule has 0 aliphatic rings. The number of fused-ring (bicyclic) bond motifs is 1. The van der Waals surface area contributed by atoms with E-state index in [4.69, 9.17) is 0 Å². The topological polar surface area (TPSA) is 94.2 Å². The number of amides is 1. The van der Waals surface area contributed by atoms with E-state index >= 15 is 0 Å². The van der Waals surface area contributed by atoms with E-state index in [0.717, 1.165) is 30.4 Å². The van der Waals surface area contributed by atoms with Crippen molar-refractivity contribution in [2.24, 2.45) is 7.05 Å². The number of carbonyl (C=O) groups is 1. The summed E-state index contributed by atoms with van der Waals surface area (Å²) in [6.45, 7) is 2.73. The largest absolute Gasteiger partial charge is 0.352 e. The van der Waals surface area contributed by atoms with Crippen molar-refractivity contribution < 1.29 is 4.79 Å². The predicted molar refractivity (Wildman–Crippen MR) is 72.5 cm³/mol. The molecule has 0 saturated carbocycles. The van der Waals surface area contributed by atoms with Gasteiger partial charge < -0.3 is 5.32 Å². The normalized spacial score (nSPS) is 10.9. The lowest BCUT2D eigenvalue weighted by molar-refractivity contribution is 0.0950. The number of imidazole rings is 1. The van der Waals surface area contributed by atoms with Crippen molar-refractivity contribution in [3.05, 3.63) is 22.5 Å². The molecular formula is C12H18N6O2. The van der Waals surface area contributed by atoms with Crippen LogP contribution in [0, 0.1) is 0 Å². The molecule has 2 aromatic rings. The Morgan fingerprint density at radius 2 is 2.15 bits per heavy atom. The Balaban J connectivity index is 2.08. The number of aryl methyl sites for hydroxylation is 1. The minimum absolute atomic E-state index is 0.130. The average Bonchev–Trinajstić information content (AvgIpc) is 2.87. The van der Waals surface area contributed by atoms with E-state index in [-0.39, 0.29) is 22.9 Å². The van der Waals surface area contributed by atoms with Crippen LogP contribution in [0.4, 0.5) is 0 Å². The highest BCUT2D eigenvalue weighted by atomic mass is 16.2. The maximum absolute atomic E-state index is 12.0. The van der Waals surface area contributed by atoms with Gasteiger partial charge in [-0.05, 0) is 6.42 Å². The van der Waals surface area contributed by atoms with Crippen molar-refractivity contribution in [1.82, 2.24) is 29.7 Å². The van der Waals surface area contributed by atoms with E-state index in [9.17, 15) is 9.59 Å². The second kappa shape index (κ2) is 6.27. The first-order chi connectivity index (χ1) is 9.65. The van der Waals surface area contributed by atoms with Gasteiger partial charge in [0.25, 0.3) is 5.91 Å². The average molecular weight is 278 g/mol. The van der Waals surface area contributed by atoms with E-state index in [1.54, 1.807) is 0 Å². The van der Waals surface area contributed by atoms with Crippen LogP contribution in [-0.4, -0.2) is 36.8 Å². The van der Waals surface area contributed by atoms with Crippen LogP contribution in [0.15, 0.2) is 11.1 Å². The lowest BCUT2D eigenvalue weighted by atomic mass is 10.2. The van der Waals surface area contributed by atoms with Crippen LogP contribution in [0.2, 0.25) is 0 Å². The molecule has 1 N–H and O–H groups in total. The summed E-state index contributed by atoms with van der Waals surface area (Å²) in [7, 11) is 1.49. The Kier molecular flexibility index (Phi) is 4.44. The van der Waals surface area contributed by atoms with Gasteiger partial charge in [-0.15, -0.1) is 5.10 Å². The molecule has 8 heteroatoms. The SMILES string of the molecule is CCCCCCNC(=O)c1ncn2c(=O)n(C)nnc12. The van der Waals surface area contributed by atoms with Gasteiger partial charge in [0.05, 0.1) is 0 Å². The molecule has 8 nitrogen and oxygen atoms in total. The van der Waals surface area contributed by atoms with Crippen molar-refractivity contribution in [3.63, 3.8) is 0 Å². The first-order valence-electron chi connectivity index (χ1n) is 6.70. The molecule has 0 unspecified atom stereocenters. The fraction of sp³-hybridized carbons (Fsp3) is 0.583. The summed E-state index contributed by atoms with van der Waals surface area (Å²) in [6, 6.07) is 0. The minimum Gasteiger partial charge on any atom is -0.351 e. The van der Waals surface area contributed by atoms with Crippen LogP contribution < -0.4 is 11.0 Å². The van der Waals surface area contributed by atoms with Crippen molar-refractivity contribution in [3.8, 4) is 0 Å². The van der Waals surface area contributed by atoms with Gasteiger partial charge in [-0.1, -0.05) is 31.4 Å². The van der Waals surface area contributed by atoms with Gasteiger partial charge in [0, 0.05) is 13.6 Å². The number of hydrogen-bond donors (Lipinski definition) is 1. The summed E-state index contributed by atoms with van der Waals surface area (Å²) in [5.74, 6) is -0.327. The third-order valence-electron chi connectivity index (χ3n) is 3.03. The van der Waals surface area contributed by atoms with Crippen LogP contribution in [0.1, 0.15) is 43.1 Å². The first kappa shape index (κ1) is 14.2. The highest BCUT2D eigenvalue weighted by Crippen LogP contribution is 2.03. The molecule has 0 radical (unpaired) electrons. The van der Waals surface area contributed by atoms with Crippen LogP contribution >= 0.6 is 0 Å².